The first-order valence-corrected chi connectivity index (χ1v) is 6.16. The lowest BCUT2D eigenvalue weighted by molar-refractivity contribution is 0.459. The first-order chi connectivity index (χ1) is 8.70. The van der Waals surface area contributed by atoms with Crippen molar-refractivity contribution in [2.75, 3.05) is 7.05 Å². The molecule has 0 saturated carbocycles. The van der Waals surface area contributed by atoms with E-state index in [4.69, 9.17) is 4.42 Å². The summed E-state index contributed by atoms with van der Waals surface area (Å²) in [6.45, 7) is 1.97. The molecule has 1 aromatic carbocycles. The minimum atomic E-state index is -0.153. The second-order valence-corrected chi connectivity index (χ2v) is 4.48. The molecule has 96 valence electrons. The zero-order chi connectivity index (χ0) is 13.0. The van der Waals surface area contributed by atoms with Crippen LogP contribution in [0.3, 0.4) is 0 Å². The van der Waals surface area contributed by atoms with E-state index in [0.717, 1.165) is 29.7 Å². The highest BCUT2D eigenvalue weighted by Gasteiger charge is 2.14. The maximum absolute atomic E-state index is 13.8. The quantitative estimate of drug-likeness (QED) is 0.873. The standard InChI is InChI=1S/C15H18FNO/c1-11-5-7-14(16)13(10-11)15(17-2)8-6-12-4-3-9-18-12/h3-5,7,9-10,15,17H,6,8H2,1-2H3. The highest BCUT2D eigenvalue weighted by atomic mass is 19.1. The Bertz CT molecular complexity index is 493. The van der Waals surface area contributed by atoms with Gasteiger partial charge in [0.05, 0.1) is 6.26 Å². The minimum absolute atomic E-state index is 0.00926. The van der Waals surface area contributed by atoms with E-state index < -0.39 is 0 Å². The highest BCUT2D eigenvalue weighted by Crippen LogP contribution is 2.23. The zero-order valence-electron chi connectivity index (χ0n) is 10.7. The Kier molecular flexibility index (Phi) is 4.15. The van der Waals surface area contributed by atoms with E-state index in [9.17, 15) is 4.39 Å². The Hall–Kier alpha value is -1.61. The van der Waals surface area contributed by atoms with E-state index in [0.29, 0.717) is 0 Å². The topological polar surface area (TPSA) is 25.2 Å². The second kappa shape index (κ2) is 5.83. The molecular weight excluding hydrogens is 229 g/mol. The lowest BCUT2D eigenvalue weighted by atomic mass is 9.99. The summed E-state index contributed by atoms with van der Waals surface area (Å²) in [5.74, 6) is 0.780. The second-order valence-electron chi connectivity index (χ2n) is 4.48. The Morgan fingerprint density at radius 1 is 1.33 bits per heavy atom. The lowest BCUT2D eigenvalue weighted by Crippen LogP contribution is -2.18. The molecule has 2 aromatic rings. The van der Waals surface area contributed by atoms with Gasteiger partial charge in [-0.25, -0.2) is 4.39 Å². The lowest BCUT2D eigenvalue weighted by Gasteiger charge is -2.17. The van der Waals surface area contributed by atoms with Crippen molar-refractivity contribution >= 4 is 0 Å². The maximum Gasteiger partial charge on any atom is 0.127 e. The molecule has 1 heterocycles. The molecule has 0 bridgehead atoms. The van der Waals surface area contributed by atoms with Gasteiger partial charge in [0, 0.05) is 18.0 Å². The van der Waals surface area contributed by atoms with Crippen LogP contribution >= 0.6 is 0 Å². The number of furan rings is 1. The molecule has 0 aliphatic heterocycles. The van der Waals surface area contributed by atoms with E-state index in [1.165, 1.54) is 6.07 Å². The normalized spacial score (nSPS) is 12.6. The number of rotatable bonds is 5. The summed E-state index contributed by atoms with van der Waals surface area (Å²) in [6, 6.07) is 9.05. The van der Waals surface area contributed by atoms with Crippen LogP contribution in [0.5, 0.6) is 0 Å². The van der Waals surface area contributed by atoms with Gasteiger partial charge in [0.2, 0.25) is 0 Å². The first-order valence-electron chi connectivity index (χ1n) is 6.16. The molecule has 2 nitrogen and oxygen atoms in total. The Morgan fingerprint density at radius 2 is 2.17 bits per heavy atom. The molecule has 2 rings (SSSR count). The third kappa shape index (κ3) is 2.99. The highest BCUT2D eigenvalue weighted by molar-refractivity contribution is 5.27. The van der Waals surface area contributed by atoms with Gasteiger partial charge in [0.25, 0.3) is 0 Å². The largest absolute Gasteiger partial charge is 0.469 e. The van der Waals surface area contributed by atoms with Gasteiger partial charge in [-0.05, 0) is 38.6 Å². The van der Waals surface area contributed by atoms with Crippen molar-refractivity contribution in [1.82, 2.24) is 5.32 Å². The van der Waals surface area contributed by atoms with Gasteiger partial charge >= 0.3 is 0 Å². The summed E-state index contributed by atoms with van der Waals surface area (Å²) >= 11 is 0. The average Bonchev–Trinajstić information content (AvgIpc) is 2.87. The summed E-state index contributed by atoms with van der Waals surface area (Å²) in [7, 11) is 1.86. The van der Waals surface area contributed by atoms with Gasteiger partial charge in [-0.2, -0.15) is 0 Å². The summed E-state index contributed by atoms with van der Waals surface area (Å²) in [4.78, 5) is 0. The van der Waals surface area contributed by atoms with Crippen molar-refractivity contribution in [3.05, 3.63) is 59.3 Å². The van der Waals surface area contributed by atoms with Crippen LogP contribution in [0.4, 0.5) is 4.39 Å². The van der Waals surface area contributed by atoms with Gasteiger partial charge in [-0.15, -0.1) is 0 Å². The zero-order valence-corrected chi connectivity index (χ0v) is 10.7. The number of benzene rings is 1. The van der Waals surface area contributed by atoms with Crippen molar-refractivity contribution in [1.29, 1.82) is 0 Å². The van der Waals surface area contributed by atoms with Crippen LogP contribution in [0.2, 0.25) is 0 Å². The third-order valence-corrected chi connectivity index (χ3v) is 3.13. The first kappa shape index (κ1) is 12.8. The van der Waals surface area contributed by atoms with Crippen LogP contribution in [0.1, 0.15) is 29.3 Å². The molecule has 1 aromatic heterocycles. The summed E-state index contributed by atoms with van der Waals surface area (Å²) in [5, 5.41) is 3.17. The fourth-order valence-corrected chi connectivity index (χ4v) is 2.13. The smallest absolute Gasteiger partial charge is 0.127 e. The van der Waals surface area contributed by atoms with Crippen molar-refractivity contribution in [2.45, 2.75) is 25.8 Å². The van der Waals surface area contributed by atoms with Crippen LogP contribution in [0, 0.1) is 12.7 Å². The summed E-state index contributed by atoms with van der Waals surface area (Å²) in [6.07, 6.45) is 3.27. The van der Waals surface area contributed by atoms with Crippen molar-refractivity contribution in [2.24, 2.45) is 0 Å². The molecule has 0 radical (unpaired) electrons. The Labute approximate surface area is 107 Å². The fourth-order valence-electron chi connectivity index (χ4n) is 2.13. The molecule has 0 spiro atoms. The Morgan fingerprint density at radius 3 is 2.83 bits per heavy atom. The molecular formula is C15H18FNO. The van der Waals surface area contributed by atoms with E-state index >= 15 is 0 Å². The van der Waals surface area contributed by atoms with Crippen LogP contribution in [-0.2, 0) is 6.42 Å². The predicted molar refractivity (Wildman–Crippen MR) is 70.0 cm³/mol. The third-order valence-electron chi connectivity index (χ3n) is 3.13. The molecule has 0 aliphatic rings. The fraction of sp³-hybridized carbons (Fsp3) is 0.333. The number of halogens is 1. The van der Waals surface area contributed by atoms with Crippen LogP contribution in [0.15, 0.2) is 41.0 Å². The predicted octanol–water partition coefficient (Wildman–Crippen LogP) is 3.62. The molecule has 0 amide bonds. The van der Waals surface area contributed by atoms with E-state index in [1.54, 1.807) is 12.3 Å². The minimum Gasteiger partial charge on any atom is -0.469 e. The molecule has 18 heavy (non-hydrogen) atoms. The van der Waals surface area contributed by atoms with Gasteiger partial charge < -0.3 is 9.73 Å². The average molecular weight is 247 g/mol. The summed E-state index contributed by atoms with van der Waals surface area (Å²) < 4.78 is 19.1. The molecule has 3 heteroatoms. The SMILES string of the molecule is CNC(CCc1ccco1)c1cc(C)ccc1F. The monoisotopic (exact) mass is 247 g/mol. The van der Waals surface area contributed by atoms with Crippen LogP contribution < -0.4 is 5.32 Å². The molecule has 0 fully saturated rings. The van der Waals surface area contributed by atoms with Crippen molar-refractivity contribution in [3.8, 4) is 0 Å². The van der Waals surface area contributed by atoms with Gasteiger partial charge in [0.1, 0.15) is 11.6 Å². The van der Waals surface area contributed by atoms with E-state index in [1.807, 2.05) is 32.2 Å². The molecule has 1 atom stereocenters. The molecule has 0 aliphatic carbocycles. The van der Waals surface area contributed by atoms with E-state index in [-0.39, 0.29) is 11.9 Å². The number of aryl methyl sites for hydroxylation is 2. The number of hydrogen-bond donors (Lipinski definition) is 1. The Balaban J connectivity index is 2.10. The van der Waals surface area contributed by atoms with Crippen LogP contribution in [-0.4, -0.2) is 7.05 Å². The maximum atomic E-state index is 13.8. The van der Waals surface area contributed by atoms with E-state index in [2.05, 4.69) is 5.32 Å². The summed E-state index contributed by atoms with van der Waals surface area (Å²) in [5.41, 5.74) is 1.80. The number of nitrogens with one attached hydrogen (secondary N) is 1. The van der Waals surface area contributed by atoms with Crippen LogP contribution in [0.25, 0.3) is 0 Å². The van der Waals surface area contributed by atoms with Crippen molar-refractivity contribution < 1.29 is 8.81 Å². The van der Waals surface area contributed by atoms with Gasteiger partial charge in [-0.3, -0.25) is 0 Å². The molecule has 1 unspecified atom stereocenters. The van der Waals surface area contributed by atoms with Gasteiger partial charge in [0.15, 0.2) is 0 Å². The van der Waals surface area contributed by atoms with Gasteiger partial charge in [-0.1, -0.05) is 17.7 Å². The number of hydrogen-bond acceptors (Lipinski definition) is 2. The molecule has 1 N–H and O–H groups in total. The molecule has 0 saturated heterocycles. The van der Waals surface area contributed by atoms with Crippen molar-refractivity contribution in [3.63, 3.8) is 0 Å².